The van der Waals surface area contributed by atoms with Gasteiger partial charge in [0, 0.05) is 25.4 Å². The zero-order valence-corrected chi connectivity index (χ0v) is 19.1. The molecule has 3 N–H and O–H groups in total. The Kier molecular flexibility index (Phi) is 7.17. The van der Waals surface area contributed by atoms with E-state index in [0.29, 0.717) is 12.8 Å². The Labute approximate surface area is 198 Å². The molecular weight excluding hydrogens is 436 g/mol. The number of carbonyl (C=O) groups is 3. The molecule has 1 aliphatic carbocycles. The van der Waals surface area contributed by atoms with Gasteiger partial charge in [-0.3, -0.25) is 4.79 Å². The van der Waals surface area contributed by atoms with Crippen LogP contribution in [0.3, 0.4) is 0 Å². The number of carbonyl (C=O) groups excluding carboxylic acids is 2. The average molecular weight is 467 g/mol. The lowest BCUT2D eigenvalue weighted by Crippen LogP contribution is -2.46. The Morgan fingerprint density at radius 2 is 1.71 bits per heavy atom. The van der Waals surface area contributed by atoms with Crippen molar-refractivity contribution < 1.29 is 29.3 Å². The highest BCUT2D eigenvalue weighted by Crippen LogP contribution is 2.44. The Bertz CT molecular complexity index is 1030. The molecule has 3 atom stereocenters. The summed E-state index contributed by atoms with van der Waals surface area (Å²) in [6.45, 7) is 2.12. The molecule has 8 nitrogen and oxygen atoms in total. The molecule has 0 bridgehead atoms. The molecule has 0 aromatic heterocycles. The van der Waals surface area contributed by atoms with Crippen molar-refractivity contribution in [2.75, 3.05) is 19.7 Å². The van der Waals surface area contributed by atoms with Crippen LogP contribution in [0.25, 0.3) is 11.1 Å². The highest BCUT2D eigenvalue weighted by molar-refractivity contribution is 5.86. The quantitative estimate of drug-likeness (QED) is 0.551. The minimum atomic E-state index is -1.13. The third-order valence-electron chi connectivity index (χ3n) is 6.67. The molecule has 1 heterocycles. The largest absolute Gasteiger partial charge is 0.480 e. The molecule has 1 aliphatic heterocycles. The van der Waals surface area contributed by atoms with Crippen molar-refractivity contribution in [2.24, 2.45) is 5.92 Å². The lowest BCUT2D eigenvalue weighted by molar-refractivity contribution is -0.150. The van der Waals surface area contributed by atoms with E-state index in [2.05, 4.69) is 17.4 Å². The van der Waals surface area contributed by atoms with Crippen LogP contribution in [0.2, 0.25) is 0 Å². The number of hydrogen-bond donors (Lipinski definition) is 3. The van der Waals surface area contributed by atoms with Gasteiger partial charge >= 0.3 is 12.1 Å². The normalized spacial score (nSPS) is 19.9. The molecule has 0 radical (unpaired) electrons. The van der Waals surface area contributed by atoms with Crippen LogP contribution in [0, 0.1) is 5.92 Å². The Balaban J connectivity index is 1.36. The molecule has 2 aliphatic rings. The van der Waals surface area contributed by atoms with E-state index < -0.39 is 30.1 Å². The van der Waals surface area contributed by atoms with Crippen LogP contribution in [-0.4, -0.2) is 64.9 Å². The summed E-state index contributed by atoms with van der Waals surface area (Å²) in [6, 6.07) is 15.1. The molecule has 4 rings (SSSR count). The van der Waals surface area contributed by atoms with Crippen LogP contribution < -0.4 is 5.32 Å². The number of likely N-dealkylation sites (tertiary alicyclic amines) is 1. The second-order valence-electron chi connectivity index (χ2n) is 8.93. The van der Waals surface area contributed by atoms with Crippen LogP contribution in [0.4, 0.5) is 4.79 Å². The molecule has 0 saturated carbocycles. The number of benzene rings is 2. The van der Waals surface area contributed by atoms with Gasteiger partial charge in [-0.05, 0) is 28.7 Å². The highest BCUT2D eigenvalue weighted by Gasteiger charge is 2.41. The van der Waals surface area contributed by atoms with Gasteiger partial charge in [-0.25, -0.2) is 9.59 Å². The van der Waals surface area contributed by atoms with Crippen LogP contribution in [0.15, 0.2) is 48.5 Å². The van der Waals surface area contributed by atoms with Crippen molar-refractivity contribution in [3.8, 4) is 11.1 Å². The number of alkyl carbamates (subject to hydrolysis) is 1. The summed E-state index contributed by atoms with van der Waals surface area (Å²) in [5.74, 6) is -2.15. The monoisotopic (exact) mass is 466 g/mol. The first-order valence-corrected chi connectivity index (χ1v) is 11.7. The van der Waals surface area contributed by atoms with Gasteiger partial charge in [0.1, 0.15) is 12.6 Å². The summed E-state index contributed by atoms with van der Waals surface area (Å²) in [5.41, 5.74) is 4.51. The smallest absolute Gasteiger partial charge is 0.407 e. The zero-order chi connectivity index (χ0) is 24.2. The van der Waals surface area contributed by atoms with Crippen molar-refractivity contribution in [1.82, 2.24) is 10.2 Å². The number of ether oxygens (including phenoxy) is 1. The first-order chi connectivity index (χ1) is 16.4. The molecular formula is C26H30N2O6. The van der Waals surface area contributed by atoms with Gasteiger partial charge in [0.25, 0.3) is 0 Å². The maximum absolute atomic E-state index is 13.0. The van der Waals surface area contributed by atoms with Gasteiger partial charge in [0.15, 0.2) is 0 Å². The van der Waals surface area contributed by atoms with Gasteiger partial charge in [-0.1, -0.05) is 61.9 Å². The summed E-state index contributed by atoms with van der Waals surface area (Å²) >= 11 is 0. The van der Waals surface area contributed by atoms with E-state index in [1.807, 2.05) is 43.3 Å². The maximum atomic E-state index is 13.0. The number of β-amino-alcohol motifs (C(OH)–C–C–N with tert-alkyl or cyclic N) is 1. The number of aliphatic carboxylic acids is 1. The standard InChI is InChI=1S/C26H30N2O6/c1-2-7-16(24(30)28-14-17(29)12-23(28)25(31)32)13-27-26(33)34-15-22-20-10-5-3-8-18(20)19-9-4-6-11-21(19)22/h3-6,8-11,16-17,22-23,29H,2,7,12-15H2,1H3,(H,27,33)(H,31,32)/t16?,17-,23-/m0/s1. The molecule has 180 valence electrons. The second-order valence-corrected chi connectivity index (χ2v) is 8.93. The molecule has 1 fully saturated rings. The fourth-order valence-electron chi connectivity index (χ4n) is 5.04. The second kappa shape index (κ2) is 10.3. The van der Waals surface area contributed by atoms with Crippen LogP contribution in [-0.2, 0) is 14.3 Å². The molecule has 2 amide bonds. The predicted molar refractivity (Wildman–Crippen MR) is 125 cm³/mol. The Morgan fingerprint density at radius 3 is 2.29 bits per heavy atom. The summed E-state index contributed by atoms with van der Waals surface area (Å²) in [7, 11) is 0. The van der Waals surface area contributed by atoms with Gasteiger partial charge in [-0.2, -0.15) is 0 Å². The lowest BCUT2D eigenvalue weighted by Gasteiger charge is -2.26. The average Bonchev–Trinajstić information content (AvgIpc) is 3.38. The van der Waals surface area contributed by atoms with E-state index in [0.717, 1.165) is 22.3 Å². The van der Waals surface area contributed by atoms with Crippen molar-refractivity contribution in [1.29, 1.82) is 0 Å². The Hall–Kier alpha value is -3.39. The van der Waals surface area contributed by atoms with Crippen LogP contribution in [0.5, 0.6) is 0 Å². The van der Waals surface area contributed by atoms with Crippen LogP contribution in [0.1, 0.15) is 43.2 Å². The van der Waals surface area contributed by atoms with Gasteiger partial charge < -0.3 is 25.2 Å². The molecule has 2 aromatic carbocycles. The number of carboxylic acid groups (broad SMARTS) is 1. The van der Waals surface area contributed by atoms with Gasteiger partial charge in [0.2, 0.25) is 5.91 Å². The molecule has 1 saturated heterocycles. The number of rotatable bonds is 8. The molecule has 1 unspecified atom stereocenters. The van der Waals surface area contributed by atoms with E-state index in [4.69, 9.17) is 4.74 Å². The molecule has 34 heavy (non-hydrogen) atoms. The third-order valence-corrected chi connectivity index (χ3v) is 6.67. The van der Waals surface area contributed by atoms with Crippen molar-refractivity contribution in [3.63, 3.8) is 0 Å². The van der Waals surface area contributed by atoms with E-state index >= 15 is 0 Å². The zero-order valence-electron chi connectivity index (χ0n) is 19.1. The van der Waals surface area contributed by atoms with Crippen molar-refractivity contribution in [2.45, 2.75) is 44.2 Å². The number of carboxylic acids is 1. The number of amides is 2. The summed E-state index contributed by atoms with van der Waals surface area (Å²) in [6.07, 6.45) is -0.285. The molecule has 2 aromatic rings. The van der Waals surface area contributed by atoms with E-state index in [-0.39, 0.29) is 37.9 Å². The van der Waals surface area contributed by atoms with Crippen molar-refractivity contribution in [3.05, 3.63) is 59.7 Å². The fourth-order valence-corrected chi connectivity index (χ4v) is 5.04. The summed E-state index contributed by atoms with van der Waals surface area (Å²) < 4.78 is 5.54. The van der Waals surface area contributed by atoms with E-state index in [1.165, 1.54) is 4.90 Å². The first-order valence-electron chi connectivity index (χ1n) is 11.7. The van der Waals surface area contributed by atoms with Crippen molar-refractivity contribution >= 4 is 18.0 Å². The lowest BCUT2D eigenvalue weighted by atomic mass is 9.98. The van der Waals surface area contributed by atoms with Gasteiger partial charge in [-0.15, -0.1) is 0 Å². The highest BCUT2D eigenvalue weighted by atomic mass is 16.5. The molecule has 0 spiro atoms. The summed E-state index contributed by atoms with van der Waals surface area (Å²) in [4.78, 5) is 38.2. The maximum Gasteiger partial charge on any atom is 0.407 e. The predicted octanol–water partition coefficient (Wildman–Crippen LogP) is 2.99. The number of aliphatic hydroxyl groups is 1. The number of nitrogens with zero attached hydrogens (tertiary/aromatic N) is 1. The minimum absolute atomic E-state index is 0.0129. The van der Waals surface area contributed by atoms with E-state index in [1.54, 1.807) is 0 Å². The number of nitrogens with one attached hydrogen (secondary N) is 1. The SMILES string of the molecule is CCCC(CNC(=O)OCC1c2ccccc2-c2ccccc21)C(=O)N1C[C@@H](O)C[C@H]1C(=O)O. The van der Waals surface area contributed by atoms with Gasteiger partial charge in [0.05, 0.1) is 12.0 Å². The number of hydrogen-bond acceptors (Lipinski definition) is 5. The first kappa shape index (κ1) is 23.8. The van der Waals surface area contributed by atoms with E-state index in [9.17, 15) is 24.6 Å². The summed E-state index contributed by atoms with van der Waals surface area (Å²) in [5, 5.41) is 21.9. The Morgan fingerprint density at radius 1 is 1.09 bits per heavy atom. The topological polar surface area (TPSA) is 116 Å². The fraction of sp³-hybridized carbons (Fsp3) is 0.423. The molecule has 8 heteroatoms. The van der Waals surface area contributed by atoms with Crippen LogP contribution >= 0.6 is 0 Å². The third kappa shape index (κ3) is 4.77. The number of fused-ring (bicyclic) bond motifs is 3. The number of aliphatic hydroxyl groups excluding tert-OH is 1. The minimum Gasteiger partial charge on any atom is -0.480 e.